The molecule has 1 heterocycles. The lowest BCUT2D eigenvalue weighted by Gasteiger charge is -2.31. The summed E-state index contributed by atoms with van der Waals surface area (Å²) in [5, 5.41) is 1.11. The first-order chi connectivity index (χ1) is 8.02. The number of thioether (sulfide) groups is 1. The van der Waals surface area contributed by atoms with E-state index in [4.69, 9.17) is 0 Å². The van der Waals surface area contributed by atoms with E-state index in [1.165, 1.54) is 17.1 Å². The van der Waals surface area contributed by atoms with Crippen LogP contribution in [0.5, 0.6) is 0 Å². The summed E-state index contributed by atoms with van der Waals surface area (Å²) < 4.78 is 0. The molecule has 0 bridgehead atoms. The number of halogens is 1. The van der Waals surface area contributed by atoms with Crippen molar-refractivity contribution in [1.82, 2.24) is 0 Å². The van der Waals surface area contributed by atoms with E-state index in [0.29, 0.717) is 5.41 Å². The van der Waals surface area contributed by atoms with Crippen LogP contribution in [0.3, 0.4) is 0 Å². The van der Waals surface area contributed by atoms with Gasteiger partial charge in [0.25, 0.3) is 0 Å². The summed E-state index contributed by atoms with van der Waals surface area (Å²) in [7, 11) is 0. The molecule has 0 aromatic heterocycles. The van der Waals surface area contributed by atoms with E-state index in [2.05, 4.69) is 61.0 Å². The molecular formula is C15H21BrS. The van der Waals surface area contributed by atoms with E-state index in [0.717, 1.165) is 17.2 Å². The quantitative estimate of drug-likeness (QED) is 0.680. The van der Waals surface area contributed by atoms with Crippen molar-refractivity contribution in [2.45, 2.75) is 38.0 Å². The molecular weight excluding hydrogens is 292 g/mol. The molecule has 2 heteroatoms. The maximum absolute atomic E-state index is 3.69. The van der Waals surface area contributed by atoms with Gasteiger partial charge in [0.05, 0.1) is 0 Å². The molecule has 94 valence electrons. The number of hydrogen-bond donors (Lipinski definition) is 0. The smallest absolute Gasteiger partial charge is 0.0107 e. The fourth-order valence-electron chi connectivity index (χ4n) is 2.42. The van der Waals surface area contributed by atoms with Gasteiger partial charge >= 0.3 is 0 Å². The Morgan fingerprint density at radius 1 is 1.35 bits per heavy atom. The largest absolute Gasteiger partial charge is 0.125 e. The van der Waals surface area contributed by atoms with Gasteiger partial charge < -0.3 is 0 Å². The molecule has 0 amide bonds. The van der Waals surface area contributed by atoms with Gasteiger partial charge in [0, 0.05) is 16.0 Å². The predicted octanol–water partition coefficient (Wildman–Crippen LogP) is 5.32. The van der Waals surface area contributed by atoms with Gasteiger partial charge in [-0.05, 0) is 35.3 Å². The highest BCUT2D eigenvalue weighted by molar-refractivity contribution is 9.09. The van der Waals surface area contributed by atoms with Gasteiger partial charge in [0.15, 0.2) is 0 Å². The normalized spacial score (nSPS) is 21.3. The Morgan fingerprint density at radius 3 is 2.71 bits per heavy atom. The summed E-state index contributed by atoms with van der Waals surface area (Å²) in [5.74, 6) is 2.76. The van der Waals surface area contributed by atoms with Crippen LogP contribution in [-0.4, -0.2) is 11.1 Å². The van der Waals surface area contributed by atoms with Crippen LogP contribution < -0.4 is 0 Å². The van der Waals surface area contributed by atoms with Crippen LogP contribution in [0.2, 0.25) is 0 Å². The van der Waals surface area contributed by atoms with Crippen LogP contribution in [0.1, 0.15) is 38.7 Å². The minimum Gasteiger partial charge on any atom is -0.125 e. The van der Waals surface area contributed by atoms with Gasteiger partial charge in [-0.25, -0.2) is 0 Å². The first-order valence-corrected chi connectivity index (χ1v) is 8.40. The Kier molecular flexibility index (Phi) is 4.25. The van der Waals surface area contributed by atoms with Gasteiger partial charge in [0.1, 0.15) is 0 Å². The SMILES string of the molecule is CC(C)(C)C(CBr)CC1CSc2ccccc21. The first-order valence-electron chi connectivity index (χ1n) is 6.30. The predicted molar refractivity (Wildman–Crippen MR) is 81.3 cm³/mol. The van der Waals surface area contributed by atoms with Crippen molar-refractivity contribution in [3.05, 3.63) is 29.8 Å². The van der Waals surface area contributed by atoms with Gasteiger partial charge in [-0.3, -0.25) is 0 Å². The van der Waals surface area contributed by atoms with Crippen LogP contribution in [-0.2, 0) is 0 Å². The topological polar surface area (TPSA) is 0 Å². The maximum Gasteiger partial charge on any atom is 0.0107 e. The number of rotatable bonds is 3. The highest BCUT2D eigenvalue weighted by Gasteiger charge is 2.30. The lowest BCUT2D eigenvalue weighted by Crippen LogP contribution is -2.24. The van der Waals surface area contributed by atoms with Gasteiger partial charge in [-0.1, -0.05) is 54.9 Å². The molecule has 1 aromatic carbocycles. The van der Waals surface area contributed by atoms with Crippen molar-refractivity contribution in [2.24, 2.45) is 11.3 Å². The summed E-state index contributed by atoms with van der Waals surface area (Å²) in [6.07, 6.45) is 1.30. The molecule has 1 aliphatic heterocycles. The van der Waals surface area contributed by atoms with Crippen LogP contribution in [0, 0.1) is 11.3 Å². The molecule has 2 atom stereocenters. The van der Waals surface area contributed by atoms with E-state index < -0.39 is 0 Å². The summed E-state index contributed by atoms with van der Waals surface area (Å²) in [4.78, 5) is 1.50. The first kappa shape index (κ1) is 13.5. The van der Waals surface area contributed by atoms with E-state index in [9.17, 15) is 0 Å². The molecule has 2 rings (SSSR count). The summed E-state index contributed by atoms with van der Waals surface area (Å²) >= 11 is 5.72. The molecule has 0 radical (unpaired) electrons. The molecule has 2 unspecified atom stereocenters. The zero-order valence-corrected chi connectivity index (χ0v) is 13.3. The average Bonchev–Trinajstić information content (AvgIpc) is 2.67. The zero-order valence-electron chi connectivity index (χ0n) is 10.9. The van der Waals surface area contributed by atoms with Gasteiger partial charge in [-0.2, -0.15) is 0 Å². The van der Waals surface area contributed by atoms with Crippen LogP contribution in [0.25, 0.3) is 0 Å². The van der Waals surface area contributed by atoms with Gasteiger partial charge in [0.2, 0.25) is 0 Å². The van der Waals surface area contributed by atoms with Crippen molar-refractivity contribution < 1.29 is 0 Å². The second kappa shape index (κ2) is 5.36. The Labute approximate surface area is 118 Å². The fourth-order valence-corrected chi connectivity index (χ4v) is 4.92. The third-order valence-electron chi connectivity index (χ3n) is 3.78. The lowest BCUT2D eigenvalue weighted by molar-refractivity contribution is 0.243. The number of fused-ring (bicyclic) bond motifs is 1. The molecule has 0 saturated heterocycles. The number of benzene rings is 1. The second-order valence-electron chi connectivity index (χ2n) is 6.00. The zero-order chi connectivity index (χ0) is 12.5. The highest BCUT2D eigenvalue weighted by atomic mass is 79.9. The third-order valence-corrected chi connectivity index (χ3v) is 5.81. The van der Waals surface area contributed by atoms with Crippen molar-refractivity contribution in [3.8, 4) is 0 Å². The average molecular weight is 313 g/mol. The Bertz CT molecular complexity index is 381. The Balaban J connectivity index is 2.11. The van der Waals surface area contributed by atoms with Crippen molar-refractivity contribution in [2.75, 3.05) is 11.1 Å². The van der Waals surface area contributed by atoms with Crippen molar-refractivity contribution in [3.63, 3.8) is 0 Å². The molecule has 1 aliphatic rings. The second-order valence-corrected chi connectivity index (χ2v) is 7.71. The minimum atomic E-state index is 0.395. The molecule has 0 saturated carbocycles. The minimum absolute atomic E-state index is 0.395. The van der Waals surface area contributed by atoms with E-state index in [1.54, 1.807) is 5.56 Å². The highest BCUT2D eigenvalue weighted by Crippen LogP contribution is 2.45. The van der Waals surface area contributed by atoms with Crippen LogP contribution in [0.15, 0.2) is 29.2 Å². The summed E-state index contributed by atoms with van der Waals surface area (Å²) in [6, 6.07) is 8.91. The summed E-state index contributed by atoms with van der Waals surface area (Å²) in [5.41, 5.74) is 1.97. The number of alkyl halides is 1. The van der Waals surface area contributed by atoms with Crippen LogP contribution >= 0.6 is 27.7 Å². The molecule has 0 nitrogen and oxygen atoms in total. The maximum atomic E-state index is 3.69. The fraction of sp³-hybridized carbons (Fsp3) is 0.600. The molecule has 1 aromatic rings. The number of hydrogen-bond acceptors (Lipinski definition) is 1. The third kappa shape index (κ3) is 3.08. The van der Waals surface area contributed by atoms with E-state index >= 15 is 0 Å². The van der Waals surface area contributed by atoms with Crippen molar-refractivity contribution in [1.29, 1.82) is 0 Å². The molecule has 17 heavy (non-hydrogen) atoms. The monoisotopic (exact) mass is 312 g/mol. The van der Waals surface area contributed by atoms with Gasteiger partial charge in [-0.15, -0.1) is 11.8 Å². The molecule has 0 aliphatic carbocycles. The molecule has 0 N–H and O–H groups in total. The van der Waals surface area contributed by atoms with Crippen LogP contribution in [0.4, 0.5) is 0 Å². The standard InChI is InChI=1S/C15H21BrS/c1-15(2,3)12(9-16)8-11-10-17-14-7-5-4-6-13(11)14/h4-7,11-12H,8-10H2,1-3H3. The Hall–Kier alpha value is 0.0500. The molecule has 0 spiro atoms. The van der Waals surface area contributed by atoms with E-state index in [1.807, 2.05) is 11.8 Å². The lowest BCUT2D eigenvalue weighted by atomic mass is 9.76. The summed E-state index contributed by atoms with van der Waals surface area (Å²) in [6.45, 7) is 7.06. The Morgan fingerprint density at radius 2 is 2.06 bits per heavy atom. The van der Waals surface area contributed by atoms with E-state index in [-0.39, 0.29) is 0 Å². The van der Waals surface area contributed by atoms with Crippen molar-refractivity contribution >= 4 is 27.7 Å². The molecule has 0 fully saturated rings.